The Kier molecular flexibility index (Phi) is 9.61. The SMILES string of the molecule is CCCN(CC(=O)OC)C(=O)NC(CCSC)C(=O)O. The van der Waals surface area contributed by atoms with E-state index in [2.05, 4.69) is 10.1 Å². The lowest BCUT2D eigenvalue weighted by Gasteiger charge is -2.23. The van der Waals surface area contributed by atoms with Gasteiger partial charge in [-0.3, -0.25) is 4.79 Å². The third-order valence-corrected chi connectivity index (χ3v) is 3.18. The van der Waals surface area contributed by atoms with E-state index in [1.165, 1.54) is 23.8 Å². The molecule has 0 aromatic rings. The van der Waals surface area contributed by atoms with E-state index in [1.54, 1.807) is 0 Å². The molecular formula is C12H22N2O5S. The first-order chi connectivity index (χ1) is 9.46. The van der Waals surface area contributed by atoms with E-state index in [-0.39, 0.29) is 6.54 Å². The highest BCUT2D eigenvalue weighted by atomic mass is 32.2. The Labute approximate surface area is 123 Å². The van der Waals surface area contributed by atoms with Gasteiger partial charge in [-0.2, -0.15) is 11.8 Å². The number of amides is 2. The number of nitrogens with zero attached hydrogens (tertiary/aromatic N) is 1. The van der Waals surface area contributed by atoms with Crippen molar-refractivity contribution in [1.29, 1.82) is 0 Å². The Morgan fingerprint density at radius 3 is 2.50 bits per heavy atom. The zero-order valence-corrected chi connectivity index (χ0v) is 12.9. The summed E-state index contributed by atoms with van der Waals surface area (Å²) < 4.78 is 4.51. The smallest absolute Gasteiger partial charge is 0.326 e. The highest BCUT2D eigenvalue weighted by molar-refractivity contribution is 7.98. The van der Waals surface area contributed by atoms with Crippen LogP contribution in [0.15, 0.2) is 0 Å². The number of carboxylic acid groups (broad SMARTS) is 1. The van der Waals surface area contributed by atoms with Crippen LogP contribution in [0.1, 0.15) is 19.8 Å². The van der Waals surface area contributed by atoms with Crippen molar-refractivity contribution in [2.75, 3.05) is 32.2 Å². The standard InChI is InChI=1S/C12H22N2O5S/c1-4-6-14(8-10(15)19-2)12(18)13-9(11(16)17)5-7-20-3/h9H,4-8H2,1-3H3,(H,13,18)(H,16,17). The molecule has 8 heteroatoms. The average Bonchev–Trinajstić information content (AvgIpc) is 2.42. The van der Waals surface area contributed by atoms with Gasteiger partial charge < -0.3 is 20.1 Å². The molecule has 0 aromatic carbocycles. The van der Waals surface area contributed by atoms with Gasteiger partial charge in [-0.1, -0.05) is 6.92 Å². The molecule has 0 fully saturated rings. The van der Waals surface area contributed by atoms with E-state index in [9.17, 15) is 14.4 Å². The summed E-state index contributed by atoms with van der Waals surface area (Å²) in [4.78, 5) is 35.5. The largest absolute Gasteiger partial charge is 0.480 e. The third kappa shape index (κ3) is 7.22. The molecule has 0 radical (unpaired) electrons. The Balaban J connectivity index is 4.61. The molecule has 0 saturated carbocycles. The van der Waals surface area contributed by atoms with Gasteiger partial charge in [0.25, 0.3) is 0 Å². The van der Waals surface area contributed by atoms with Crippen molar-refractivity contribution in [3.8, 4) is 0 Å². The first kappa shape index (κ1) is 18.6. The van der Waals surface area contributed by atoms with Gasteiger partial charge in [0.2, 0.25) is 0 Å². The van der Waals surface area contributed by atoms with Crippen LogP contribution in [0.3, 0.4) is 0 Å². The van der Waals surface area contributed by atoms with Gasteiger partial charge >= 0.3 is 18.0 Å². The second-order valence-electron chi connectivity index (χ2n) is 4.12. The fourth-order valence-electron chi connectivity index (χ4n) is 1.48. The molecule has 0 rings (SSSR count). The van der Waals surface area contributed by atoms with Gasteiger partial charge in [0.1, 0.15) is 12.6 Å². The van der Waals surface area contributed by atoms with Crippen LogP contribution in [0.2, 0.25) is 0 Å². The lowest BCUT2D eigenvalue weighted by molar-refractivity contribution is -0.141. The maximum absolute atomic E-state index is 12.0. The van der Waals surface area contributed by atoms with Crippen LogP contribution < -0.4 is 5.32 Å². The Hall–Kier alpha value is -1.44. The topological polar surface area (TPSA) is 95.9 Å². The van der Waals surface area contributed by atoms with Crippen molar-refractivity contribution in [2.24, 2.45) is 0 Å². The molecule has 0 aliphatic heterocycles. The molecule has 0 bridgehead atoms. The van der Waals surface area contributed by atoms with Crippen molar-refractivity contribution >= 4 is 29.7 Å². The molecule has 0 aliphatic rings. The number of carboxylic acids is 1. The van der Waals surface area contributed by atoms with Gasteiger partial charge in [0, 0.05) is 6.54 Å². The fourth-order valence-corrected chi connectivity index (χ4v) is 1.95. The first-order valence-corrected chi connectivity index (χ1v) is 7.69. The Bertz CT molecular complexity index is 338. The summed E-state index contributed by atoms with van der Waals surface area (Å²) in [7, 11) is 1.24. The van der Waals surface area contributed by atoms with Crippen LogP contribution in [0, 0.1) is 0 Å². The van der Waals surface area contributed by atoms with E-state index >= 15 is 0 Å². The van der Waals surface area contributed by atoms with Crippen LogP contribution >= 0.6 is 11.8 Å². The lowest BCUT2D eigenvalue weighted by Crippen LogP contribution is -2.49. The number of hydrogen-bond acceptors (Lipinski definition) is 5. The van der Waals surface area contributed by atoms with E-state index in [0.717, 1.165) is 0 Å². The molecule has 0 spiro atoms. The Morgan fingerprint density at radius 1 is 1.40 bits per heavy atom. The number of methoxy groups -OCH3 is 1. The van der Waals surface area contributed by atoms with Gasteiger partial charge in [-0.15, -0.1) is 0 Å². The fraction of sp³-hybridized carbons (Fsp3) is 0.750. The molecule has 7 nitrogen and oxygen atoms in total. The minimum atomic E-state index is -1.08. The van der Waals surface area contributed by atoms with Crippen molar-refractivity contribution < 1.29 is 24.2 Å². The predicted molar refractivity (Wildman–Crippen MR) is 76.8 cm³/mol. The highest BCUT2D eigenvalue weighted by Gasteiger charge is 2.23. The van der Waals surface area contributed by atoms with Crippen LogP contribution in [-0.2, 0) is 14.3 Å². The van der Waals surface area contributed by atoms with E-state index < -0.39 is 24.0 Å². The number of nitrogens with one attached hydrogen (secondary N) is 1. The van der Waals surface area contributed by atoms with Gasteiger partial charge in [-0.05, 0) is 24.9 Å². The summed E-state index contributed by atoms with van der Waals surface area (Å²) in [5.41, 5.74) is 0. The second kappa shape index (κ2) is 10.4. The quantitative estimate of drug-likeness (QED) is 0.611. The summed E-state index contributed by atoms with van der Waals surface area (Å²) >= 11 is 1.51. The number of rotatable bonds is 9. The van der Waals surface area contributed by atoms with Crippen molar-refractivity contribution in [1.82, 2.24) is 10.2 Å². The highest BCUT2D eigenvalue weighted by Crippen LogP contribution is 2.03. The number of carbonyl (C=O) groups excluding carboxylic acids is 2. The van der Waals surface area contributed by atoms with Crippen molar-refractivity contribution in [3.05, 3.63) is 0 Å². The number of aliphatic carboxylic acids is 1. The molecule has 0 aliphatic carbocycles. The molecule has 0 aromatic heterocycles. The maximum Gasteiger partial charge on any atom is 0.326 e. The maximum atomic E-state index is 12.0. The number of ether oxygens (including phenoxy) is 1. The number of carbonyl (C=O) groups is 3. The predicted octanol–water partition coefficient (Wildman–Crippen LogP) is 0.787. The molecule has 20 heavy (non-hydrogen) atoms. The van der Waals surface area contributed by atoms with E-state index in [4.69, 9.17) is 5.11 Å². The van der Waals surface area contributed by atoms with E-state index in [1.807, 2.05) is 13.2 Å². The first-order valence-electron chi connectivity index (χ1n) is 6.30. The Morgan fingerprint density at radius 2 is 2.05 bits per heavy atom. The zero-order chi connectivity index (χ0) is 15.5. The summed E-state index contributed by atoms with van der Waals surface area (Å²) in [6.07, 6.45) is 2.86. The third-order valence-electron chi connectivity index (χ3n) is 2.53. The van der Waals surface area contributed by atoms with Crippen LogP contribution in [0.25, 0.3) is 0 Å². The molecule has 0 heterocycles. The van der Waals surface area contributed by atoms with Crippen molar-refractivity contribution in [2.45, 2.75) is 25.8 Å². The van der Waals surface area contributed by atoms with Crippen molar-refractivity contribution in [3.63, 3.8) is 0 Å². The summed E-state index contributed by atoms with van der Waals surface area (Å²) in [6, 6.07) is -1.52. The summed E-state index contributed by atoms with van der Waals surface area (Å²) in [5.74, 6) is -0.992. The minimum Gasteiger partial charge on any atom is -0.480 e. The molecule has 1 atom stereocenters. The van der Waals surface area contributed by atoms with Gasteiger partial charge in [0.15, 0.2) is 0 Å². The molecular weight excluding hydrogens is 284 g/mol. The minimum absolute atomic E-state index is 0.189. The summed E-state index contributed by atoms with van der Waals surface area (Å²) in [5, 5.41) is 11.5. The molecule has 2 amide bonds. The molecule has 1 unspecified atom stereocenters. The van der Waals surface area contributed by atoms with Crippen LogP contribution in [0.4, 0.5) is 4.79 Å². The second-order valence-corrected chi connectivity index (χ2v) is 5.11. The van der Waals surface area contributed by atoms with Crippen LogP contribution in [0.5, 0.6) is 0 Å². The number of hydrogen-bond donors (Lipinski definition) is 2. The number of thioether (sulfide) groups is 1. The van der Waals surface area contributed by atoms with Crippen LogP contribution in [-0.4, -0.2) is 66.2 Å². The molecule has 0 saturated heterocycles. The normalized spacial score (nSPS) is 11.6. The number of urea groups is 1. The average molecular weight is 306 g/mol. The van der Waals surface area contributed by atoms with Gasteiger partial charge in [0.05, 0.1) is 7.11 Å². The monoisotopic (exact) mass is 306 g/mol. The number of esters is 1. The van der Waals surface area contributed by atoms with E-state index in [0.29, 0.717) is 25.1 Å². The summed E-state index contributed by atoms with van der Waals surface area (Å²) in [6.45, 7) is 2.03. The zero-order valence-electron chi connectivity index (χ0n) is 12.0. The van der Waals surface area contributed by atoms with Gasteiger partial charge in [-0.25, -0.2) is 9.59 Å². The lowest BCUT2D eigenvalue weighted by atomic mass is 10.2. The molecule has 2 N–H and O–H groups in total. The molecule has 116 valence electrons.